The molecule has 1 amide bonds. The van der Waals surface area contributed by atoms with Crippen molar-refractivity contribution in [2.24, 2.45) is 0 Å². The number of rotatable bonds is 4. The van der Waals surface area contributed by atoms with Gasteiger partial charge in [0.15, 0.2) is 11.6 Å². The Hall–Kier alpha value is -2.02. The minimum atomic E-state index is -0.319. The van der Waals surface area contributed by atoms with Crippen LogP contribution in [-0.2, 0) is 6.42 Å². The standard InChI is InChI=1S/C17H21FN4OS/c1-2-5-15-20-14(12-24-15)17(23)22-9-4-8-21(10-11-22)16-13(18)6-3-7-19-16/h3,6-7,12H,2,4-5,8-11H2,1H3. The van der Waals surface area contributed by atoms with Crippen LogP contribution in [0.1, 0.15) is 35.3 Å². The SMILES string of the molecule is CCCc1nc(C(=O)N2CCCN(c3ncccc3F)CC2)cs1. The van der Waals surface area contributed by atoms with Gasteiger partial charge >= 0.3 is 0 Å². The first-order chi connectivity index (χ1) is 11.7. The minimum absolute atomic E-state index is 0.0306. The second-order valence-corrected chi connectivity index (χ2v) is 6.76. The summed E-state index contributed by atoms with van der Waals surface area (Å²) in [5.74, 6) is 0.0172. The van der Waals surface area contributed by atoms with Crippen molar-refractivity contribution in [3.05, 3.63) is 40.2 Å². The van der Waals surface area contributed by atoms with E-state index >= 15 is 0 Å². The van der Waals surface area contributed by atoms with Crippen LogP contribution in [0.4, 0.5) is 10.2 Å². The van der Waals surface area contributed by atoms with Crippen molar-refractivity contribution in [3.63, 3.8) is 0 Å². The monoisotopic (exact) mass is 348 g/mol. The third-order valence-corrected chi connectivity index (χ3v) is 4.97. The van der Waals surface area contributed by atoms with Gasteiger partial charge in [-0.25, -0.2) is 14.4 Å². The van der Waals surface area contributed by atoms with E-state index in [2.05, 4.69) is 16.9 Å². The molecule has 0 aliphatic carbocycles. The Morgan fingerprint density at radius 1 is 1.33 bits per heavy atom. The van der Waals surface area contributed by atoms with E-state index in [1.54, 1.807) is 23.6 Å². The molecule has 1 aliphatic rings. The van der Waals surface area contributed by atoms with Crippen molar-refractivity contribution in [1.29, 1.82) is 0 Å². The molecule has 0 unspecified atom stereocenters. The summed E-state index contributed by atoms with van der Waals surface area (Å²) in [5, 5.41) is 2.85. The number of halogens is 1. The number of hydrogen-bond donors (Lipinski definition) is 0. The Morgan fingerprint density at radius 2 is 2.21 bits per heavy atom. The highest BCUT2D eigenvalue weighted by Gasteiger charge is 2.23. The summed E-state index contributed by atoms with van der Waals surface area (Å²) < 4.78 is 13.9. The zero-order valence-corrected chi connectivity index (χ0v) is 14.6. The van der Waals surface area contributed by atoms with Gasteiger partial charge in [-0.15, -0.1) is 11.3 Å². The second kappa shape index (κ2) is 7.70. The van der Waals surface area contributed by atoms with E-state index in [0.29, 0.717) is 37.7 Å². The number of nitrogens with zero attached hydrogens (tertiary/aromatic N) is 4. The number of anilines is 1. The lowest BCUT2D eigenvalue weighted by Gasteiger charge is -2.22. The summed E-state index contributed by atoms with van der Waals surface area (Å²) in [7, 11) is 0. The zero-order chi connectivity index (χ0) is 16.9. The van der Waals surface area contributed by atoms with Gasteiger partial charge in [-0.3, -0.25) is 4.79 Å². The largest absolute Gasteiger partial charge is 0.352 e. The smallest absolute Gasteiger partial charge is 0.273 e. The quantitative estimate of drug-likeness (QED) is 0.852. The molecule has 1 fully saturated rings. The van der Waals surface area contributed by atoms with E-state index in [4.69, 9.17) is 0 Å². The number of thiazole rings is 1. The molecule has 1 aliphatic heterocycles. The molecule has 24 heavy (non-hydrogen) atoms. The van der Waals surface area contributed by atoms with Crippen molar-refractivity contribution in [2.75, 3.05) is 31.1 Å². The first-order valence-electron chi connectivity index (χ1n) is 8.28. The molecular formula is C17H21FN4OS. The van der Waals surface area contributed by atoms with Crippen molar-refractivity contribution in [1.82, 2.24) is 14.9 Å². The van der Waals surface area contributed by atoms with E-state index in [9.17, 15) is 9.18 Å². The van der Waals surface area contributed by atoms with E-state index in [0.717, 1.165) is 24.3 Å². The fraction of sp³-hybridized carbons (Fsp3) is 0.471. The van der Waals surface area contributed by atoms with E-state index in [-0.39, 0.29) is 11.7 Å². The average Bonchev–Trinajstić information content (AvgIpc) is 2.91. The van der Waals surface area contributed by atoms with E-state index in [1.165, 1.54) is 6.07 Å². The predicted molar refractivity (Wildman–Crippen MR) is 93.0 cm³/mol. The Labute approximate surface area is 145 Å². The van der Waals surface area contributed by atoms with Crippen LogP contribution in [0.25, 0.3) is 0 Å². The van der Waals surface area contributed by atoms with Gasteiger partial charge in [-0.2, -0.15) is 0 Å². The topological polar surface area (TPSA) is 49.3 Å². The van der Waals surface area contributed by atoms with Crippen molar-refractivity contribution < 1.29 is 9.18 Å². The highest BCUT2D eigenvalue weighted by Crippen LogP contribution is 2.19. The van der Waals surface area contributed by atoms with Crippen LogP contribution in [0.5, 0.6) is 0 Å². The molecule has 5 nitrogen and oxygen atoms in total. The second-order valence-electron chi connectivity index (χ2n) is 5.82. The number of aromatic nitrogens is 2. The van der Waals surface area contributed by atoms with Gasteiger partial charge < -0.3 is 9.80 Å². The highest BCUT2D eigenvalue weighted by atomic mass is 32.1. The Bertz CT molecular complexity index is 705. The van der Waals surface area contributed by atoms with E-state index in [1.807, 2.05) is 15.2 Å². The molecule has 0 N–H and O–H groups in total. The molecule has 1 saturated heterocycles. The van der Waals surface area contributed by atoms with Gasteiger partial charge in [0.2, 0.25) is 0 Å². The summed E-state index contributed by atoms with van der Waals surface area (Å²) in [4.78, 5) is 24.9. The maximum absolute atomic E-state index is 13.9. The molecule has 2 aromatic heterocycles. The van der Waals surface area contributed by atoms with Crippen LogP contribution in [0.2, 0.25) is 0 Å². The summed E-state index contributed by atoms with van der Waals surface area (Å²) >= 11 is 1.54. The predicted octanol–water partition coefficient (Wildman–Crippen LogP) is 2.98. The fourth-order valence-electron chi connectivity index (χ4n) is 2.84. The number of hydrogen-bond acceptors (Lipinski definition) is 5. The molecule has 0 aromatic carbocycles. The number of amides is 1. The number of carbonyl (C=O) groups is 1. The summed E-state index contributed by atoms with van der Waals surface area (Å²) in [5.41, 5.74) is 0.529. The fourth-order valence-corrected chi connectivity index (χ4v) is 3.72. The Kier molecular flexibility index (Phi) is 5.40. The minimum Gasteiger partial charge on any atom is -0.352 e. The normalized spacial score (nSPS) is 15.4. The lowest BCUT2D eigenvalue weighted by atomic mass is 10.3. The lowest BCUT2D eigenvalue weighted by Crippen LogP contribution is -2.35. The molecule has 2 aromatic rings. The molecule has 0 spiro atoms. The molecule has 0 bridgehead atoms. The molecule has 0 radical (unpaired) electrons. The number of carbonyl (C=O) groups excluding carboxylic acids is 1. The molecule has 7 heteroatoms. The maximum atomic E-state index is 13.9. The summed E-state index contributed by atoms with van der Waals surface area (Å²) in [6, 6.07) is 3.00. The third kappa shape index (κ3) is 3.72. The van der Waals surface area contributed by atoms with Crippen LogP contribution in [0.15, 0.2) is 23.7 Å². The molecule has 3 heterocycles. The summed E-state index contributed by atoms with van der Waals surface area (Å²) in [6.45, 7) is 4.57. The van der Waals surface area contributed by atoms with Gasteiger partial charge in [0, 0.05) is 37.8 Å². The molecular weight excluding hydrogens is 327 g/mol. The van der Waals surface area contributed by atoms with Crippen molar-refractivity contribution in [3.8, 4) is 0 Å². The third-order valence-electron chi connectivity index (χ3n) is 4.06. The van der Waals surface area contributed by atoms with Gasteiger partial charge in [-0.1, -0.05) is 6.92 Å². The lowest BCUT2D eigenvalue weighted by molar-refractivity contribution is 0.0761. The van der Waals surface area contributed by atoms with Crippen molar-refractivity contribution >= 4 is 23.1 Å². The molecule has 0 atom stereocenters. The van der Waals surface area contributed by atoms with Crippen LogP contribution in [-0.4, -0.2) is 47.0 Å². The van der Waals surface area contributed by atoms with Gasteiger partial charge in [0.05, 0.1) is 5.01 Å². The van der Waals surface area contributed by atoms with Crippen LogP contribution in [0.3, 0.4) is 0 Å². The van der Waals surface area contributed by atoms with Crippen LogP contribution in [0, 0.1) is 5.82 Å². The van der Waals surface area contributed by atoms with Gasteiger partial charge in [0.25, 0.3) is 5.91 Å². The average molecular weight is 348 g/mol. The van der Waals surface area contributed by atoms with Crippen LogP contribution >= 0.6 is 11.3 Å². The number of pyridine rings is 1. The Balaban J connectivity index is 1.66. The van der Waals surface area contributed by atoms with E-state index < -0.39 is 0 Å². The highest BCUT2D eigenvalue weighted by molar-refractivity contribution is 7.09. The number of aryl methyl sites for hydroxylation is 1. The molecule has 128 valence electrons. The van der Waals surface area contributed by atoms with Gasteiger partial charge in [-0.05, 0) is 31.4 Å². The Morgan fingerprint density at radius 3 is 3.00 bits per heavy atom. The molecule has 3 rings (SSSR count). The first-order valence-corrected chi connectivity index (χ1v) is 9.16. The molecule has 0 saturated carbocycles. The summed E-state index contributed by atoms with van der Waals surface area (Å²) in [6.07, 6.45) is 4.31. The van der Waals surface area contributed by atoms with Gasteiger partial charge in [0.1, 0.15) is 5.69 Å². The maximum Gasteiger partial charge on any atom is 0.273 e. The van der Waals surface area contributed by atoms with Crippen LogP contribution < -0.4 is 4.90 Å². The zero-order valence-electron chi connectivity index (χ0n) is 13.7. The van der Waals surface area contributed by atoms with Crippen molar-refractivity contribution in [2.45, 2.75) is 26.2 Å². The first kappa shape index (κ1) is 16.8.